The standard InChI is InChI=1S/C12H16N4O3/c13-10(17)7-16(8-3-1-2-4-8)11-6-14-5-9(15-11)12(18)19/h5-6,8H,1-4,7H2,(H2,13,17)(H,18,19). The average Bonchev–Trinajstić information content (AvgIpc) is 2.89. The van der Waals surface area contributed by atoms with Crippen molar-refractivity contribution in [2.24, 2.45) is 5.73 Å². The molecule has 102 valence electrons. The van der Waals surface area contributed by atoms with Crippen molar-refractivity contribution in [3.8, 4) is 0 Å². The van der Waals surface area contributed by atoms with Gasteiger partial charge in [-0.1, -0.05) is 12.8 Å². The van der Waals surface area contributed by atoms with Gasteiger partial charge < -0.3 is 15.7 Å². The molecule has 0 radical (unpaired) electrons. The molecule has 0 atom stereocenters. The Morgan fingerprint density at radius 1 is 1.37 bits per heavy atom. The van der Waals surface area contributed by atoms with E-state index in [2.05, 4.69) is 9.97 Å². The lowest BCUT2D eigenvalue weighted by Crippen LogP contribution is -2.41. The third-order valence-corrected chi connectivity index (χ3v) is 3.23. The minimum Gasteiger partial charge on any atom is -0.476 e. The quantitative estimate of drug-likeness (QED) is 0.797. The predicted octanol–water partition coefficient (Wildman–Crippen LogP) is 0.409. The van der Waals surface area contributed by atoms with Crippen molar-refractivity contribution in [2.75, 3.05) is 11.4 Å². The van der Waals surface area contributed by atoms with E-state index in [9.17, 15) is 9.59 Å². The summed E-state index contributed by atoms with van der Waals surface area (Å²) in [6.45, 7) is 0.0302. The summed E-state index contributed by atoms with van der Waals surface area (Å²) >= 11 is 0. The van der Waals surface area contributed by atoms with Crippen LogP contribution in [0.2, 0.25) is 0 Å². The smallest absolute Gasteiger partial charge is 0.356 e. The van der Waals surface area contributed by atoms with Crippen LogP contribution in [0.1, 0.15) is 36.2 Å². The molecule has 0 unspecified atom stereocenters. The minimum absolute atomic E-state index is 0.0302. The number of nitrogens with two attached hydrogens (primary N) is 1. The second-order valence-corrected chi connectivity index (χ2v) is 4.60. The number of carboxylic acid groups (broad SMARTS) is 1. The van der Waals surface area contributed by atoms with Crippen LogP contribution in [0.4, 0.5) is 5.82 Å². The third-order valence-electron chi connectivity index (χ3n) is 3.23. The molecule has 3 N–H and O–H groups in total. The molecule has 1 aromatic rings. The molecule has 0 aromatic carbocycles. The number of anilines is 1. The minimum atomic E-state index is -1.14. The van der Waals surface area contributed by atoms with E-state index < -0.39 is 11.9 Å². The Balaban J connectivity index is 2.28. The summed E-state index contributed by atoms with van der Waals surface area (Å²) in [7, 11) is 0. The topological polar surface area (TPSA) is 109 Å². The molecule has 1 aliphatic carbocycles. The molecule has 7 heteroatoms. The van der Waals surface area contributed by atoms with Gasteiger partial charge in [-0.25, -0.2) is 9.78 Å². The number of hydrogen-bond acceptors (Lipinski definition) is 5. The third kappa shape index (κ3) is 3.18. The van der Waals surface area contributed by atoms with Crippen LogP contribution in [-0.2, 0) is 4.79 Å². The highest BCUT2D eigenvalue weighted by Gasteiger charge is 2.25. The van der Waals surface area contributed by atoms with Crippen LogP contribution in [0.15, 0.2) is 12.4 Å². The summed E-state index contributed by atoms with van der Waals surface area (Å²) in [5.41, 5.74) is 5.12. The van der Waals surface area contributed by atoms with E-state index in [1.807, 2.05) is 0 Å². The molecule has 0 spiro atoms. The van der Waals surface area contributed by atoms with E-state index in [4.69, 9.17) is 10.8 Å². The highest BCUT2D eigenvalue weighted by Crippen LogP contribution is 2.26. The van der Waals surface area contributed by atoms with Gasteiger partial charge in [-0.15, -0.1) is 0 Å². The molecule has 19 heavy (non-hydrogen) atoms. The SMILES string of the molecule is NC(=O)CN(c1cncc(C(=O)O)n1)C1CCCC1. The number of carbonyl (C=O) groups is 2. The van der Waals surface area contributed by atoms with Gasteiger partial charge in [0.05, 0.1) is 18.9 Å². The predicted molar refractivity (Wildman–Crippen MR) is 67.8 cm³/mol. The van der Waals surface area contributed by atoms with Crippen molar-refractivity contribution in [1.29, 1.82) is 0 Å². The first-order chi connectivity index (χ1) is 9.08. The Kier molecular flexibility index (Phi) is 3.94. The molecule has 1 heterocycles. The van der Waals surface area contributed by atoms with Crippen LogP contribution in [0.25, 0.3) is 0 Å². The Morgan fingerprint density at radius 3 is 2.63 bits per heavy atom. The molecule has 1 fully saturated rings. The number of nitrogens with zero attached hydrogens (tertiary/aromatic N) is 3. The van der Waals surface area contributed by atoms with Gasteiger partial charge in [0.25, 0.3) is 0 Å². The highest BCUT2D eigenvalue weighted by atomic mass is 16.4. The van der Waals surface area contributed by atoms with Crippen LogP contribution < -0.4 is 10.6 Å². The van der Waals surface area contributed by atoms with E-state index in [0.717, 1.165) is 25.7 Å². The van der Waals surface area contributed by atoms with Gasteiger partial charge in [0.2, 0.25) is 5.91 Å². The monoisotopic (exact) mass is 264 g/mol. The summed E-state index contributed by atoms with van der Waals surface area (Å²) in [4.78, 5) is 31.7. The maximum atomic E-state index is 11.2. The molecule has 0 saturated heterocycles. The fourth-order valence-corrected chi connectivity index (χ4v) is 2.38. The van der Waals surface area contributed by atoms with Gasteiger partial charge in [0.15, 0.2) is 5.69 Å². The van der Waals surface area contributed by atoms with Crippen molar-refractivity contribution < 1.29 is 14.7 Å². The Morgan fingerprint density at radius 2 is 2.05 bits per heavy atom. The van der Waals surface area contributed by atoms with Gasteiger partial charge in [0.1, 0.15) is 5.82 Å². The first kappa shape index (κ1) is 13.3. The Bertz CT molecular complexity index is 486. The summed E-state index contributed by atoms with van der Waals surface area (Å²) in [5, 5.41) is 8.93. The number of aromatic nitrogens is 2. The van der Waals surface area contributed by atoms with Gasteiger partial charge in [-0.05, 0) is 12.8 Å². The maximum Gasteiger partial charge on any atom is 0.356 e. The largest absolute Gasteiger partial charge is 0.476 e. The zero-order chi connectivity index (χ0) is 13.8. The highest BCUT2D eigenvalue weighted by molar-refractivity contribution is 5.85. The van der Waals surface area contributed by atoms with Crippen LogP contribution in [0.3, 0.4) is 0 Å². The van der Waals surface area contributed by atoms with Gasteiger partial charge in [-0.3, -0.25) is 9.78 Å². The zero-order valence-corrected chi connectivity index (χ0v) is 10.5. The molecule has 2 rings (SSSR count). The second-order valence-electron chi connectivity index (χ2n) is 4.60. The first-order valence-electron chi connectivity index (χ1n) is 6.18. The molecule has 1 saturated carbocycles. The second kappa shape index (κ2) is 5.64. The number of amides is 1. The molecule has 1 aliphatic rings. The van der Waals surface area contributed by atoms with Crippen molar-refractivity contribution in [1.82, 2.24) is 9.97 Å². The zero-order valence-electron chi connectivity index (χ0n) is 10.5. The van der Waals surface area contributed by atoms with Gasteiger partial charge >= 0.3 is 5.97 Å². The number of primary amides is 1. The van der Waals surface area contributed by atoms with Crippen molar-refractivity contribution in [3.05, 3.63) is 18.1 Å². The number of carboxylic acids is 1. The number of aromatic carboxylic acids is 1. The summed E-state index contributed by atoms with van der Waals surface area (Å²) < 4.78 is 0. The van der Waals surface area contributed by atoms with E-state index in [-0.39, 0.29) is 18.3 Å². The summed E-state index contributed by atoms with van der Waals surface area (Å²) in [6.07, 6.45) is 6.73. The molecular weight excluding hydrogens is 248 g/mol. The molecular formula is C12H16N4O3. The molecule has 1 aromatic heterocycles. The lowest BCUT2D eigenvalue weighted by molar-refractivity contribution is -0.116. The van der Waals surface area contributed by atoms with E-state index >= 15 is 0 Å². The fraction of sp³-hybridized carbons (Fsp3) is 0.500. The first-order valence-corrected chi connectivity index (χ1v) is 6.18. The average molecular weight is 264 g/mol. The number of carbonyl (C=O) groups excluding carboxylic acids is 1. The molecule has 0 bridgehead atoms. The lowest BCUT2D eigenvalue weighted by atomic mass is 10.2. The normalized spacial score (nSPS) is 15.4. The van der Waals surface area contributed by atoms with Crippen LogP contribution in [0, 0.1) is 0 Å². The van der Waals surface area contributed by atoms with Crippen molar-refractivity contribution in [3.63, 3.8) is 0 Å². The Labute approximate surface area is 110 Å². The van der Waals surface area contributed by atoms with Gasteiger partial charge in [-0.2, -0.15) is 0 Å². The van der Waals surface area contributed by atoms with Crippen LogP contribution in [0.5, 0.6) is 0 Å². The van der Waals surface area contributed by atoms with Crippen molar-refractivity contribution in [2.45, 2.75) is 31.7 Å². The number of hydrogen-bond donors (Lipinski definition) is 2. The molecule has 7 nitrogen and oxygen atoms in total. The number of rotatable bonds is 5. The van der Waals surface area contributed by atoms with Crippen molar-refractivity contribution >= 4 is 17.7 Å². The van der Waals surface area contributed by atoms with Crippen LogP contribution in [-0.4, -0.2) is 39.5 Å². The van der Waals surface area contributed by atoms with Crippen LogP contribution >= 0.6 is 0 Å². The Hall–Kier alpha value is -2.18. The van der Waals surface area contributed by atoms with Gasteiger partial charge in [0, 0.05) is 6.04 Å². The summed E-state index contributed by atoms with van der Waals surface area (Å²) in [5.74, 6) is -1.21. The molecule has 0 aliphatic heterocycles. The summed E-state index contributed by atoms with van der Waals surface area (Å²) in [6, 6.07) is 0.172. The van der Waals surface area contributed by atoms with E-state index in [0.29, 0.717) is 5.82 Å². The fourth-order valence-electron chi connectivity index (χ4n) is 2.38. The lowest BCUT2D eigenvalue weighted by Gasteiger charge is -2.28. The molecule has 1 amide bonds. The van der Waals surface area contributed by atoms with E-state index in [1.165, 1.54) is 12.4 Å². The maximum absolute atomic E-state index is 11.2. The van der Waals surface area contributed by atoms with E-state index in [1.54, 1.807) is 4.90 Å².